The Morgan fingerprint density at radius 2 is 1.67 bits per heavy atom. The molecule has 21 heavy (non-hydrogen) atoms. The van der Waals surface area contributed by atoms with Crippen molar-refractivity contribution in [2.45, 2.75) is 32.7 Å². The minimum Gasteiger partial charge on any atom is -0.395 e. The van der Waals surface area contributed by atoms with Gasteiger partial charge in [0.05, 0.1) is 13.2 Å². The maximum absolute atomic E-state index is 9.08. The highest BCUT2D eigenvalue weighted by atomic mass is 16.3. The Bertz CT molecular complexity index is 362. The second-order valence-electron chi connectivity index (χ2n) is 5.49. The van der Waals surface area contributed by atoms with Crippen molar-refractivity contribution in [1.29, 1.82) is 0 Å². The smallest absolute Gasteiger partial charge is 0.0558 e. The maximum Gasteiger partial charge on any atom is 0.0558 e. The van der Waals surface area contributed by atoms with Crippen LogP contribution in [0.15, 0.2) is 24.3 Å². The summed E-state index contributed by atoms with van der Waals surface area (Å²) in [6, 6.07) is 8.99. The summed E-state index contributed by atoms with van der Waals surface area (Å²) in [4.78, 5) is 2.11. The van der Waals surface area contributed by atoms with Crippen molar-refractivity contribution in [1.82, 2.24) is 10.2 Å². The minimum atomic E-state index is 0.136. The lowest BCUT2D eigenvalue weighted by molar-refractivity contribution is 0.156. The summed E-state index contributed by atoms with van der Waals surface area (Å²) in [6.07, 6.45) is 2.09. The third-order valence-corrected chi connectivity index (χ3v) is 3.69. The Balaban J connectivity index is 2.62. The van der Waals surface area contributed by atoms with E-state index in [0.29, 0.717) is 19.1 Å². The molecule has 3 N–H and O–H groups in total. The summed E-state index contributed by atoms with van der Waals surface area (Å²) in [6.45, 7) is 7.65. The fraction of sp³-hybridized carbons (Fsp3) is 0.647. The molecule has 1 aromatic carbocycles. The van der Waals surface area contributed by atoms with Gasteiger partial charge < -0.3 is 15.5 Å². The summed E-state index contributed by atoms with van der Waals surface area (Å²) >= 11 is 0. The highest BCUT2D eigenvalue weighted by Crippen LogP contribution is 2.18. The van der Waals surface area contributed by atoms with Gasteiger partial charge in [0.15, 0.2) is 0 Å². The zero-order chi connectivity index (χ0) is 15.5. The van der Waals surface area contributed by atoms with E-state index in [1.807, 2.05) is 0 Å². The van der Waals surface area contributed by atoms with Crippen molar-refractivity contribution in [3.05, 3.63) is 35.4 Å². The van der Waals surface area contributed by atoms with E-state index in [1.54, 1.807) is 0 Å². The van der Waals surface area contributed by atoms with Gasteiger partial charge in [-0.05, 0) is 31.9 Å². The highest BCUT2D eigenvalue weighted by molar-refractivity contribution is 5.24. The number of rotatable bonds is 11. The molecule has 1 unspecified atom stereocenters. The number of hydrogen-bond acceptors (Lipinski definition) is 4. The summed E-state index contributed by atoms with van der Waals surface area (Å²) in [5.74, 6) is 0. The zero-order valence-electron chi connectivity index (χ0n) is 13.4. The molecule has 120 valence electrons. The number of nitrogens with zero attached hydrogens (tertiary/aromatic N) is 1. The van der Waals surface area contributed by atoms with Crippen molar-refractivity contribution < 1.29 is 10.2 Å². The van der Waals surface area contributed by atoms with Crippen LogP contribution in [-0.2, 0) is 0 Å². The number of hydrogen-bond donors (Lipinski definition) is 3. The average Bonchev–Trinajstić information content (AvgIpc) is 2.49. The van der Waals surface area contributed by atoms with Crippen LogP contribution in [0.25, 0.3) is 0 Å². The van der Waals surface area contributed by atoms with Crippen LogP contribution >= 0.6 is 0 Å². The number of aliphatic hydroxyl groups is 2. The monoisotopic (exact) mass is 294 g/mol. The van der Waals surface area contributed by atoms with Crippen molar-refractivity contribution in [3.8, 4) is 0 Å². The van der Waals surface area contributed by atoms with E-state index >= 15 is 0 Å². The standard InChI is InChI=1S/C17H30N2O2/c1-3-9-18-17(16-6-4-15(2)5-7-16)8-10-19(11-13-20)12-14-21/h4-7,17-18,20-21H,3,8-14H2,1-2H3. The maximum atomic E-state index is 9.08. The number of aryl methyl sites for hydroxylation is 1. The summed E-state index contributed by atoms with van der Waals surface area (Å²) in [5.41, 5.74) is 2.58. The van der Waals surface area contributed by atoms with E-state index in [-0.39, 0.29) is 13.2 Å². The van der Waals surface area contributed by atoms with Crippen LogP contribution in [0.3, 0.4) is 0 Å². The average molecular weight is 294 g/mol. The molecule has 0 aliphatic carbocycles. The first kappa shape index (κ1) is 18.1. The predicted octanol–water partition coefficient (Wildman–Crippen LogP) is 1.71. The lowest BCUT2D eigenvalue weighted by Gasteiger charge is -2.25. The molecule has 1 aromatic rings. The van der Waals surface area contributed by atoms with Gasteiger partial charge in [-0.1, -0.05) is 36.8 Å². The molecule has 1 atom stereocenters. The normalized spacial score (nSPS) is 12.8. The second-order valence-corrected chi connectivity index (χ2v) is 5.49. The topological polar surface area (TPSA) is 55.7 Å². The van der Waals surface area contributed by atoms with Gasteiger partial charge in [-0.15, -0.1) is 0 Å². The highest BCUT2D eigenvalue weighted by Gasteiger charge is 2.13. The van der Waals surface area contributed by atoms with Crippen LogP contribution in [0.1, 0.15) is 36.9 Å². The van der Waals surface area contributed by atoms with Gasteiger partial charge in [0.25, 0.3) is 0 Å². The van der Waals surface area contributed by atoms with Crippen LogP contribution in [0.5, 0.6) is 0 Å². The van der Waals surface area contributed by atoms with Crippen molar-refractivity contribution in [2.75, 3.05) is 39.4 Å². The molecule has 4 heteroatoms. The lowest BCUT2D eigenvalue weighted by atomic mass is 10.0. The van der Waals surface area contributed by atoms with Gasteiger partial charge in [-0.3, -0.25) is 4.90 Å². The molecule has 0 saturated carbocycles. The summed E-state index contributed by atoms with van der Waals surface area (Å²) < 4.78 is 0. The lowest BCUT2D eigenvalue weighted by Crippen LogP contribution is -2.33. The molecule has 0 spiro atoms. The first-order valence-electron chi connectivity index (χ1n) is 7.95. The SMILES string of the molecule is CCCNC(CCN(CCO)CCO)c1ccc(C)cc1. The Labute approximate surface area is 128 Å². The van der Waals surface area contributed by atoms with Gasteiger partial charge in [-0.25, -0.2) is 0 Å². The number of aliphatic hydroxyl groups excluding tert-OH is 2. The molecule has 0 aromatic heterocycles. The molecule has 0 fully saturated rings. The molecule has 0 bridgehead atoms. The van der Waals surface area contributed by atoms with Crippen LogP contribution in [0, 0.1) is 6.92 Å². The minimum absolute atomic E-state index is 0.136. The Morgan fingerprint density at radius 1 is 1.05 bits per heavy atom. The molecule has 4 nitrogen and oxygen atoms in total. The fourth-order valence-corrected chi connectivity index (χ4v) is 2.43. The molecule has 0 amide bonds. The van der Waals surface area contributed by atoms with Gasteiger partial charge in [0, 0.05) is 25.7 Å². The predicted molar refractivity (Wildman–Crippen MR) is 87.4 cm³/mol. The van der Waals surface area contributed by atoms with Crippen LogP contribution < -0.4 is 5.32 Å². The zero-order valence-corrected chi connectivity index (χ0v) is 13.4. The van der Waals surface area contributed by atoms with Gasteiger partial charge in [0.1, 0.15) is 0 Å². The molecule has 0 aliphatic rings. The summed E-state index contributed by atoms with van der Waals surface area (Å²) in [7, 11) is 0. The van der Waals surface area contributed by atoms with E-state index in [9.17, 15) is 0 Å². The van der Waals surface area contributed by atoms with Gasteiger partial charge >= 0.3 is 0 Å². The van der Waals surface area contributed by atoms with Crippen molar-refractivity contribution in [3.63, 3.8) is 0 Å². The van der Waals surface area contributed by atoms with E-state index in [2.05, 4.69) is 48.3 Å². The molecule has 0 heterocycles. The van der Waals surface area contributed by atoms with Crippen LogP contribution in [0.4, 0.5) is 0 Å². The number of benzene rings is 1. The molecule has 0 saturated heterocycles. The largest absolute Gasteiger partial charge is 0.395 e. The van der Waals surface area contributed by atoms with Crippen molar-refractivity contribution >= 4 is 0 Å². The Kier molecular flexibility index (Phi) is 9.26. The van der Waals surface area contributed by atoms with Crippen LogP contribution in [-0.4, -0.2) is 54.5 Å². The van der Waals surface area contributed by atoms with Crippen molar-refractivity contribution in [2.24, 2.45) is 0 Å². The Hall–Kier alpha value is -0.940. The van der Waals surface area contributed by atoms with E-state index in [4.69, 9.17) is 10.2 Å². The van der Waals surface area contributed by atoms with Gasteiger partial charge in [0.2, 0.25) is 0 Å². The second kappa shape index (κ2) is 10.7. The third kappa shape index (κ3) is 7.05. The Morgan fingerprint density at radius 3 is 2.19 bits per heavy atom. The molecule has 0 radical (unpaired) electrons. The van der Waals surface area contributed by atoms with E-state index < -0.39 is 0 Å². The molecule has 0 aliphatic heterocycles. The van der Waals surface area contributed by atoms with E-state index in [1.165, 1.54) is 11.1 Å². The molecular formula is C17H30N2O2. The molecule has 1 rings (SSSR count). The molecular weight excluding hydrogens is 264 g/mol. The third-order valence-electron chi connectivity index (χ3n) is 3.69. The first-order chi connectivity index (χ1) is 10.2. The quantitative estimate of drug-likeness (QED) is 0.581. The van der Waals surface area contributed by atoms with Gasteiger partial charge in [-0.2, -0.15) is 0 Å². The van der Waals surface area contributed by atoms with E-state index in [0.717, 1.165) is 25.9 Å². The fourth-order valence-electron chi connectivity index (χ4n) is 2.43. The number of nitrogens with one attached hydrogen (secondary N) is 1. The first-order valence-corrected chi connectivity index (χ1v) is 7.95. The summed E-state index contributed by atoms with van der Waals surface area (Å²) in [5, 5.41) is 21.8. The van der Waals surface area contributed by atoms with Crippen LogP contribution in [0.2, 0.25) is 0 Å².